The maximum Gasteiger partial charge on any atom is 0.272 e. The number of amides is 1. The number of H-pyrrole nitrogens is 1. The van der Waals surface area contributed by atoms with Crippen molar-refractivity contribution >= 4 is 16.7 Å². The summed E-state index contributed by atoms with van der Waals surface area (Å²) < 4.78 is 32.7. The molecular weight excluding hydrogens is 464 g/mol. The van der Waals surface area contributed by atoms with Crippen LogP contribution in [-0.4, -0.2) is 53.5 Å². The van der Waals surface area contributed by atoms with Crippen LogP contribution in [0.4, 0.5) is 8.78 Å². The number of carbonyl (C=O) groups excluding carboxylic acids is 1. The molecule has 2 heterocycles. The molecule has 1 aliphatic heterocycles. The normalized spacial score (nSPS) is 18.1. The van der Waals surface area contributed by atoms with Gasteiger partial charge in [0.25, 0.3) is 11.5 Å². The average Bonchev–Trinajstić information content (AvgIpc) is 2.91. The second-order valence-corrected chi connectivity index (χ2v) is 10.1. The van der Waals surface area contributed by atoms with E-state index in [4.69, 9.17) is 4.74 Å². The molecule has 8 heteroatoms. The Morgan fingerprint density at radius 3 is 2.53 bits per heavy atom. The number of piperidine rings is 1. The molecule has 3 aromatic rings. The van der Waals surface area contributed by atoms with Crippen LogP contribution in [0.15, 0.2) is 47.3 Å². The largest absolute Gasteiger partial charge is 0.376 e. The summed E-state index contributed by atoms with van der Waals surface area (Å²) in [6, 6.07) is 11.8. The molecule has 2 fully saturated rings. The summed E-state index contributed by atoms with van der Waals surface area (Å²) in [4.78, 5) is 27.1. The molecule has 1 saturated carbocycles. The highest BCUT2D eigenvalue weighted by Crippen LogP contribution is 2.45. The highest BCUT2D eigenvalue weighted by molar-refractivity contribution is 5.95. The highest BCUT2D eigenvalue weighted by Gasteiger charge is 2.39. The number of alkyl halides is 1. The molecule has 0 radical (unpaired) electrons. The van der Waals surface area contributed by atoms with Gasteiger partial charge in [-0.3, -0.25) is 9.59 Å². The van der Waals surface area contributed by atoms with E-state index < -0.39 is 12.5 Å². The molecule has 0 bridgehead atoms. The molecule has 1 amide bonds. The van der Waals surface area contributed by atoms with Crippen LogP contribution < -0.4 is 5.56 Å². The Morgan fingerprint density at radius 1 is 1.08 bits per heavy atom. The predicted molar refractivity (Wildman–Crippen MR) is 133 cm³/mol. The number of carbonyl (C=O) groups is 1. The van der Waals surface area contributed by atoms with Crippen LogP contribution in [0.3, 0.4) is 0 Å². The van der Waals surface area contributed by atoms with Crippen LogP contribution in [-0.2, 0) is 11.2 Å². The van der Waals surface area contributed by atoms with Crippen molar-refractivity contribution in [2.75, 3.05) is 26.4 Å². The second-order valence-electron chi connectivity index (χ2n) is 10.1. The van der Waals surface area contributed by atoms with E-state index in [1.54, 1.807) is 29.2 Å². The van der Waals surface area contributed by atoms with Crippen molar-refractivity contribution < 1.29 is 18.3 Å². The van der Waals surface area contributed by atoms with Gasteiger partial charge in [-0.1, -0.05) is 24.3 Å². The van der Waals surface area contributed by atoms with E-state index >= 15 is 0 Å². The zero-order valence-electron chi connectivity index (χ0n) is 20.3. The van der Waals surface area contributed by atoms with Gasteiger partial charge in [-0.25, -0.2) is 13.9 Å². The van der Waals surface area contributed by atoms with Crippen LogP contribution >= 0.6 is 0 Å². The van der Waals surface area contributed by atoms with Gasteiger partial charge >= 0.3 is 0 Å². The maximum atomic E-state index is 14.8. The lowest BCUT2D eigenvalue weighted by Crippen LogP contribution is -2.45. The number of nitrogens with zero attached hydrogens (tertiary/aromatic N) is 2. The third-order valence-electron chi connectivity index (χ3n) is 7.94. The van der Waals surface area contributed by atoms with Crippen LogP contribution in [0, 0.1) is 11.2 Å². The molecule has 6 nitrogen and oxygen atoms in total. The number of fused-ring (bicyclic) bond motifs is 1. The number of aromatic amines is 1. The van der Waals surface area contributed by atoms with E-state index in [0.717, 1.165) is 49.5 Å². The fraction of sp³-hybridized carbons (Fsp3) is 0.464. The van der Waals surface area contributed by atoms with Crippen molar-refractivity contribution in [2.45, 2.75) is 51.0 Å². The third kappa shape index (κ3) is 5.05. The molecule has 2 aliphatic rings. The van der Waals surface area contributed by atoms with Gasteiger partial charge in [0.05, 0.1) is 29.4 Å². The van der Waals surface area contributed by atoms with Gasteiger partial charge < -0.3 is 9.64 Å². The zero-order chi connectivity index (χ0) is 25.1. The molecule has 36 heavy (non-hydrogen) atoms. The fourth-order valence-corrected chi connectivity index (χ4v) is 5.78. The van der Waals surface area contributed by atoms with Gasteiger partial charge in [0, 0.05) is 24.9 Å². The monoisotopic (exact) mass is 495 g/mol. The highest BCUT2D eigenvalue weighted by atomic mass is 19.1. The Labute approximate surface area is 208 Å². The molecule has 2 aromatic carbocycles. The third-order valence-corrected chi connectivity index (χ3v) is 7.94. The molecule has 1 aromatic heterocycles. The number of hydrogen-bond donors (Lipinski definition) is 1. The van der Waals surface area contributed by atoms with Crippen LogP contribution in [0.5, 0.6) is 0 Å². The van der Waals surface area contributed by atoms with Gasteiger partial charge in [0.1, 0.15) is 12.5 Å². The summed E-state index contributed by atoms with van der Waals surface area (Å²) in [5.74, 6) is -0.822. The summed E-state index contributed by atoms with van der Waals surface area (Å²) >= 11 is 0. The smallest absolute Gasteiger partial charge is 0.272 e. The SMILES string of the molecule is O=C(c1cc(Cc2n[nH]c(=O)c3ccccc23)ccc1F)N1CCC2(CCC(OCCF)CC2)CC1. The lowest BCUT2D eigenvalue weighted by atomic mass is 9.67. The van der Waals surface area contributed by atoms with Gasteiger partial charge in [-0.2, -0.15) is 5.10 Å². The minimum atomic E-state index is -0.533. The van der Waals surface area contributed by atoms with Crippen LogP contribution in [0.1, 0.15) is 60.1 Å². The van der Waals surface area contributed by atoms with Crippen molar-refractivity contribution in [2.24, 2.45) is 5.41 Å². The molecule has 1 saturated heterocycles. The molecule has 1 N–H and O–H groups in total. The first-order chi connectivity index (χ1) is 17.5. The quantitative estimate of drug-likeness (QED) is 0.533. The van der Waals surface area contributed by atoms with E-state index in [9.17, 15) is 18.4 Å². The fourth-order valence-electron chi connectivity index (χ4n) is 5.78. The molecule has 1 spiro atoms. The molecule has 5 rings (SSSR count). The minimum absolute atomic E-state index is 0.0699. The number of halogens is 2. The number of ether oxygens (including phenoxy) is 1. The topological polar surface area (TPSA) is 75.3 Å². The molecule has 0 atom stereocenters. The van der Waals surface area contributed by atoms with E-state index in [1.165, 1.54) is 6.07 Å². The lowest BCUT2D eigenvalue weighted by Gasteiger charge is -2.45. The van der Waals surface area contributed by atoms with Crippen molar-refractivity contribution in [1.29, 1.82) is 0 Å². The lowest BCUT2D eigenvalue weighted by molar-refractivity contribution is -0.0247. The zero-order valence-corrected chi connectivity index (χ0v) is 20.3. The number of benzene rings is 2. The summed E-state index contributed by atoms with van der Waals surface area (Å²) in [6.07, 6.45) is 6.19. The Kier molecular flexibility index (Phi) is 7.14. The Morgan fingerprint density at radius 2 is 1.81 bits per heavy atom. The summed E-state index contributed by atoms with van der Waals surface area (Å²) in [5, 5.41) is 8.02. The van der Waals surface area contributed by atoms with Gasteiger partial charge in [0.15, 0.2) is 0 Å². The van der Waals surface area contributed by atoms with Crippen molar-refractivity contribution in [1.82, 2.24) is 15.1 Å². The average molecular weight is 496 g/mol. The van der Waals surface area contributed by atoms with E-state index in [1.807, 2.05) is 12.1 Å². The molecule has 1 aliphatic carbocycles. The summed E-state index contributed by atoms with van der Waals surface area (Å²) in [7, 11) is 0. The Balaban J connectivity index is 1.26. The molecule has 0 unspecified atom stereocenters. The number of nitrogens with one attached hydrogen (secondary N) is 1. The summed E-state index contributed by atoms with van der Waals surface area (Å²) in [6.45, 7) is 0.919. The Hall–Kier alpha value is -3.13. The number of hydrogen-bond acceptors (Lipinski definition) is 4. The van der Waals surface area contributed by atoms with Gasteiger partial charge in [-0.05, 0) is 67.7 Å². The van der Waals surface area contributed by atoms with Crippen LogP contribution in [0.25, 0.3) is 10.8 Å². The number of rotatable bonds is 6. The standard InChI is InChI=1S/C28H31F2N3O3/c29-13-16-36-20-7-9-28(10-8-20)11-14-33(15-12-28)27(35)23-17-19(5-6-24(23)30)18-25-21-3-1-2-4-22(21)26(34)32-31-25/h1-6,17,20H,7-16,18H2,(H,32,34). The molecule has 190 valence electrons. The maximum absolute atomic E-state index is 14.8. The predicted octanol–water partition coefficient (Wildman–Crippen LogP) is 4.80. The number of aromatic nitrogens is 2. The Bertz CT molecular complexity index is 1290. The van der Waals surface area contributed by atoms with Crippen molar-refractivity contribution in [3.8, 4) is 0 Å². The summed E-state index contributed by atoms with van der Waals surface area (Å²) in [5.41, 5.74) is 1.43. The first kappa shape index (κ1) is 24.6. The van der Waals surface area contributed by atoms with Crippen molar-refractivity contribution in [3.05, 3.63) is 75.5 Å². The van der Waals surface area contributed by atoms with Crippen molar-refractivity contribution in [3.63, 3.8) is 0 Å². The number of likely N-dealkylation sites (tertiary alicyclic amines) is 1. The van der Waals surface area contributed by atoms with Crippen LogP contribution in [0.2, 0.25) is 0 Å². The first-order valence-electron chi connectivity index (χ1n) is 12.7. The minimum Gasteiger partial charge on any atom is -0.376 e. The van der Waals surface area contributed by atoms with Gasteiger partial charge in [-0.15, -0.1) is 0 Å². The second kappa shape index (κ2) is 10.5. The first-order valence-corrected chi connectivity index (χ1v) is 12.7. The van der Waals surface area contributed by atoms with E-state index in [2.05, 4.69) is 10.2 Å². The van der Waals surface area contributed by atoms with E-state index in [0.29, 0.717) is 30.6 Å². The molecular formula is C28H31F2N3O3. The van der Waals surface area contributed by atoms with E-state index in [-0.39, 0.29) is 35.2 Å². The van der Waals surface area contributed by atoms with Gasteiger partial charge in [0.2, 0.25) is 0 Å².